The summed E-state index contributed by atoms with van der Waals surface area (Å²) in [5, 5.41) is 10.5. The van der Waals surface area contributed by atoms with Gasteiger partial charge < -0.3 is 18.9 Å². The first-order valence-electron chi connectivity index (χ1n) is 6.90. The van der Waals surface area contributed by atoms with Gasteiger partial charge in [0.25, 0.3) is 5.69 Å². The summed E-state index contributed by atoms with van der Waals surface area (Å²) in [6, 6.07) is 5.95. The minimum Gasteiger partial charge on any atom is -0.491 e. The van der Waals surface area contributed by atoms with Gasteiger partial charge in [-0.1, -0.05) is 22.6 Å². The monoisotopic (exact) mass is 425 g/mol. The molecule has 0 fully saturated rings. The van der Waals surface area contributed by atoms with Crippen molar-refractivity contribution < 1.29 is 23.9 Å². The predicted molar refractivity (Wildman–Crippen MR) is 89.9 cm³/mol. The Labute approximate surface area is 143 Å². The lowest BCUT2D eigenvalue weighted by atomic mass is 10.3. The van der Waals surface area contributed by atoms with E-state index in [9.17, 15) is 10.1 Å². The quantitative estimate of drug-likeness (QED) is 0.159. The number of hydrogen-bond acceptors (Lipinski definition) is 6. The normalized spacial score (nSPS) is 10.6. The number of nitro groups is 1. The van der Waals surface area contributed by atoms with Crippen LogP contribution >= 0.6 is 22.6 Å². The SMILES string of the molecule is O=[N+]([O-])c1ccc(OCCOCCOCCOCCI)cc1. The molecule has 0 N–H and O–H groups in total. The molecule has 0 spiro atoms. The zero-order valence-electron chi connectivity index (χ0n) is 12.2. The Morgan fingerprint density at radius 1 is 0.864 bits per heavy atom. The summed E-state index contributed by atoms with van der Waals surface area (Å²) in [5.74, 6) is 0.581. The maximum Gasteiger partial charge on any atom is 0.269 e. The number of alkyl halides is 1. The summed E-state index contributed by atoms with van der Waals surface area (Å²) in [7, 11) is 0. The molecule has 124 valence electrons. The third-order valence-corrected chi connectivity index (χ3v) is 2.95. The highest BCUT2D eigenvalue weighted by atomic mass is 127. The fourth-order valence-corrected chi connectivity index (χ4v) is 1.79. The second-order valence-corrected chi connectivity index (χ2v) is 5.20. The van der Waals surface area contributed by atoms with Gasteiger partial charge in [0.2, 0.25) is 0 Å². The van der Waals surface area contributed by atoms with Crippen molar-refractivity contribution in [2.45, 2.75) is 0 Å². The van der Waals surface area contributed by atoms with Crippen molar-refractivity contribution in [3.8, 4) is 5.75 Å². The van der Waals surface area contributed by atoms with Gasteiger partial charge >= 0.3 is 0 Å². The van der Waals surface area contributed by atoms with Crippen molar-refractivity contribution in [2.24, 2.45) is 0 Å². The van der Waals surface area contributed by atoms with Crippen LogP contribution in [-0.2, 0) is 14.2 Å². The third kappa shape index (κ3) is 9.13. The average molecular weight is 425 g/mol. The second kappa shape index (κ2) is 12.6. The van der Waals surface area contributed by atoms with Crippen LogP contribution in [0.3, 0.4) is 0 Å². The van der Waals surface area contributed by atoms with Gasteiger partial charge in [-0.3, -0.25) is 10.1 Å². The molecule has 0 unspecified atom stereocenters. The molecule has 8 heteroatoms. The average Bonchev–Trinajstić information content (AvgIpc) is 2.53. The van der Waals surface area contributed by atoms with Crippen LogP contribution in [-0.4, -0.2) is 55.6 Å². The van der Waals surface area contributed by atoms with Crippen molar-refractivity contribution >= 4 is 28.3 Å². The Morgan fingerprint density at radius 2 is 1.36 bits per heavy atom. The minimum atomic E-state index is -0.445. The molecule has 0 saturated heterocycles. The first kappa shape index (κ1) is 19.1. The van der Waals surface area contributed by atoms with E-state index in [1.807, 2.05) is 0 Å². The smallest absolute Gasteiger partial charge is 0.269 e. The highest BCUT2D eigenvalue weighted by Gasteiger charge is 2.03. The number of benzene rings is 1. The maximum atomic E-state index is 10.5. The van der Waals surface area contributed by atoms with Crippen LogP contribution in [0.15, 0.2) is 24.3 Å². The van der Waals surface area contributed by atoms with E-state index in [0.717, 1.165) is 11.0 Å². The predicted octanol–water partition coefficient (Wildman–Crippen LogP) is 2.46. The van der Waals surface area contributed by atoms with Crippen LogP contribution in [0.5, 0.6) is 5.75 Å². The van der Waals surface area contributed by atoms with Gasteiger partial charge in [0.05, 0.1) is 44.6 Å². The topological polar surface area (TPSA) is 80.1 Å². The number of ether oxygens (including phenoxy) is 4. The molecule has 0 aromatic heterocycles. The number of nitro benzene ring substituents is 1. The summed E-state index contributed by atoms with van der Waals surface area (Å²) in [4.78, 5) is 10.1. The molecule has 0 saturated carbocycles. The van der Waals surface area contributed by atoms with Gasteiger partial charge in [-0.25, -0.2) is 0 Å². The Balaban J connectivity index is 1.94. The van der Waals surface area contributed by atoms with Crippen LogP contribution in [0.1, 0.15) is 0 Å². The fraction of sp³-hybridized carbons (Fsp3) is 0.571. The van der Waals surface area contributed by atoms with Crippen LogP contribution in [0.4, 0.5) is 5.69 Å². The standard InChI is InChI=1S/C14H20INO6/c15-5-6-19-7-8-20-9-10-21-11-12-22-14-3-1-13(2-4-14)16(17)18/h1-4H,5-12H2. The molecular formula is C14H20INO6. The molecular weight excluding hydrogens is 405 g/mol. The zero-order chi connectivity index (χ0) is 16.0. The summed E-state index contributed by atoms with van der Waals surface area (Å²) < 4.78 is 22.3. The van der Waals surface area contributed by atoms with Crippen molar-refractivity contribution in [1.82, 2.24) is 0 Å². The van der Waals surface area contributed by atoms with E-state index in [0.29, 0.717) is 45.4 Å². The van der Waals surface area contributed by atoms with Crippen molar-refractivity contribution in [3.63, 3.8) is 0 Å². The van der Waals surface area contributed by atoms with Gasteiger partial charge in [0.15, 0.2) is 0 Å². The lowest BCUT2D eigenvalue weighted by molar-refractivity contribution is -0.384. The Hall–Kier alpha value is -0.970. The van der Waals surface area contributed by atoms with Gasteiger partial charge in [-0.15, -0.1) is 0 Å². The van der Waals surface area contributed by atoms with Crippen molar-refractivity contribution in [1.29, 1.82) is 0 Å². The molecule has 1 rings (SSSR count). The second-order valence-electron chi connectivity index (χ2n) is 4.13. The van der Waals surface area contributed by atoms with E-state index in [-0.39, 0.29) is 5.69 Å². The van der Waals surface area contributed by atoms with Gasteiger partial charge in [-0.2, -0.15) is 0 Å². The van der Waals surface area contributed by atoms with Crippen LogP contribution in [0, 0.1) is 10.1 Å². The number of nitrogens with zero attached hydrogens (tertiary/aromatic N) is 1. The number of rotatable bonds is 13. The van der Waals surface area contributed by atoms with Crippen LogP contribution in [0.2, 0.25) is 0 Å². The van der Waals surface area contributed by atoms with Gasteiger partial charge in [0, 0.05) is 16.6 Å². The third-order valence-electron chi connectivity index (χ3n) is 2.51. The van der Waals surface area contributed by atoms with E-state index in [1.165, 1.54) is 12.1 Å². The highest BCUT2D eigenvalue weighted by Crippen LogP contribution is 2.16. The molecule has 0 bridgehead atoms. The Bertz CT molecular complexity index is 414. The fourth-order valence-electron chi connectivity index (χ4n) is 1.48. The molecule has 7 nitrogen and oxygen atoms in total. The van der Waals surface area contributed by atoms with Gasteiger partial charge in [-0.05, 0) is 12.1 Å². The van der Waals surface area contributed by atoms with Crippen LogP contribution in [0.25, 0.3) is 0 Å². The summed E-state index contributed by atoms with van der Waals surface area (Å²) in [6.07, 6.45) is 0. The number of non-ortho nitro benzene ring substituents is 1. The summed E-state index contributed by atoms with van der Waals surface area (Å²) in [6.45, 7) is 3.76. The van der Waals surface area contributed by atoms with Crippen molar-refractivity contribution in [2.75, 3.05) is 50.7 Å². The first-order chi connectivity index (χ1) is 10.7. The zero-order valence-corrected chi connectivity index (χ0v) is 14.4. The molecule has 0 aliphatic heterocycles. The van der Waals surface area contributed by atoms with E-state index in [4.69, 9.17) is 18.9 Å². The highest BCUT2D eigenvalue weighted by molar-refractivity contribution is 14.1. The van der Waals surface area contributed by atoms with E-state index in [1.54, 1.807) is 12.1 Å². The summed E-state index contributed by atoms with van der Waals surface area (Å²) >= 11 is 2.26. The van der Waals surface area contributed by atoms with Crippen LogP contribution < -0.4 is 4.74 Å². The molecule has 1 aromatic carbocycles. The molecule has 22 heavy (non-hydrogen) atoms. The van der Waals surface area contributed by atoms with E-state index >= 15 is 0 Å². The molecule has 0 aliphatic carbocycles. The molecule has 1 aromatic rings. The number of halogens is 1. The van der Waals surface area contributed by atoms with E-state index < -0.39 is 4.92 Å². The summed E-state index contributed by atoms with van der Waals surface area (Å²) in [5.41, 5.74) is 0.0446. The minimum absolute atomic E-state index is 0.0446. The Kier molecular flexibility index (Phi) is 10.9. The van der Waals surface area contributed by atoms with Gasteiger partial charge in [0.1, 0.15) is 12.4 Å². The molecule has 0 atom stereocenters. The molecule has 0 heterocycles. The molecule has 0 aliphatic rings. The number of hydrogen-bond donors (Lipinski definition) is 0. The van der Waals surface area contributed by atoms with E-state index in [2.05, 4.69) is 22.6 Å². The molecule has 0 radical (unpaired) electrons. The lowest BCUT2D eigenvalue weighted by Crippen LogP contribution is -2.13. The lowest BCUT2D eigenvalue weighted by Gasteiger charge is -2.08. The maximum absolute atomic E-state index is 10.5. The molecule has 0 amide bonds. The first-order valence-corrected chi connectivity index (χ1v) is 8.43. The van der Waals surface area contributed by atoms with Crippen molar-refractivity contribution in [3.05, 3.63) is 34.4 Å². The largest absolute Gasteiger partial charge is 0.491 e. The Morgan fingerprint density at radius 3 is 1.86 bits per heavy atom.